The molecular formula is C12H16ClNO3. The van der Waals surface area contributed by atoms with Crippen LogP contribution in [0, 0.1) is 0 Å². The maximum absolute atomic E-state index is 11.1. The standard InChI is InChI=1S/C12H16ClNO3/c1-8(15)14-10-7-12(17-3)11(16-2)6-9(10)4-5-13/h6-7H,4-5H2,1-3H3,(H,14,15). The molecule has 17 heavy (non-hydrogen) atoms. The van der Waals surface area contributed by atoms with Gasteiger partial charge in [0.25, 0.3) is 0 Å². The smallest absolute Gasteiger partial charge is 0.221 e. The van der Waals surface area contributed by atoms with Crippen LogP contribution in [-0.4, -0.2) is 26.0 Å². The van der Waals surface area contributed by atoms with Crippen molar-refractivity contribution < 1.29 is 14.3 Å². The topological polar surface area (TPSA) is 47.6 Å². The highest BCUT2D eigenvalue weighted by Gasteiger charge is 2.11. The minimum absolute atomic E-state index is 0.131. The number of anilines is 1. The summed E-state index contributed by atoms with van der Waals surface area (Å²) >= 11 is 5.73. The van der Waals surface area contributed by atoms with Gasteiger partial charge in [0.15, 0.2) is 11.5 Å². The summed E-state index contributed by atoms with van der Waals surface area (Å²) in [7, 11) is 3.12. The number of aryl methyl sites for hydroxylation is 1. The highest BCUT2D eigenvalue weighted by Crippen LogP contribution is 2.33. The summed E-state index contributed by atoms with van der Waals surface area (Å²) in [5.74, 6) is 1.55. The summed E-state index contributed by atoms with van der Waals surface area (Å²) in [5.41, 5.74) is 1.63. The van der Waals surface area contributed by atoms with Crippen molar-refractivity contribution in [3.63, 3.8) is 0 Å². The van der Waals surface area contributed by atoms with E-state index in [0.717, 1.165) is 5.56 Å². The molecular weight excluding hydrogens is 242 g/mol. The molecule has 1 amide bonds. The van der Waals surface area contributed by atoms with Gasteiger partial charge in [-0.15, -0.1) is 11.6 Å². The molecule has 0 aliphatic rings. The van der Waals surface area contributed by atoms with Crippen molar-refractivity contribution in [2.75, 3.05) is 25.4 Å². The molecule has 0 bridgehead atoms. The fraction of sp³-hybridized carbons (Fsp3) is 0.417. The van der Waals surface area contributed by atoms with E-state index in [0.29, 0.717) is 29.5 Å². The number of ether oxygens (including phenoxy) is 2. The number of methoxy groups -OCH3 is 2. The van der Waals surface area contributed by atoms with Gasteiger partial charge in [0.1, 0.15) is 0 Å². The summed E-state index contributed by atoms with van der Waals surface area (Å²) in [5, 5.41) is 2.75. The Balaban J connectivity index is 3.19. The van der Waals surface area contributed by atoms with Crippen LogP contribution in [0.3, 0.4) is 0 Å². The lowest BCUT2D eigenvalue weighted by Crippen LogP contribution is -2.09. The molecule has 0 aromatic heterocycles. The number of halogens is 1. The molecule has 0 aliphatic heterocycles. The molecule has 1 rings (SSSR count). The van der Waals surface area contributed by atoms with Gasteiger partial charge in [0.05, 0.1) is 14.2 Å². The lowest BCUT2D eigenvalue weighted by Gasteiger charge is -2.14. The van der Waals surface area contributed by atoms with Crippen LogP contribution in [0.1, 0.15) is 12.5 Å². The SMILES string of the molecule is COc1cc(CCCl)c(NC(C)=O)cc1OC. The average molecular weight is 258 g/mol. The molecule has 0 spiro atoms. The second-order valence-electron chi connectivity index (χ2n) is 3.48. The lowest BCUT2D eigenvalue weighted by molar-refractivity contribution is -0.114. The van der Waals surface area contributed by atoms with E-state index in [1.165, 1.54) is 6.92 Å². The van der Waals surface area contributed by atoms with E-state index in [9.17, 15) is 4.79 Å². The average Bonchev–Trinajstić information content (AvgIpc) is 2.30. The third-order valence-electron chi connectivity index (χ3n) is 2.28. The van der Waals surface area contributed by atoms with E-state index in [1.807, 2.05) is 6.07 Å². The van der Waals surface area contributed by atoms with Crippen molar-refractivity contribution in [2.24, 2.45) is 0 Å². The zero-order valence-corrected chi connectivity index (χ0v) is 10.9. The summed E-state index contributed by atoms with van der Waals surface area (Å²) in [6.07, 6.45) is 0.650. The van der Waals surface area contributed by atoms with Gasteiger partial charge in [-0.25, -0.2) is 0 Å². The van der Waals surface area contributed by atoms with E-state index in [4.69, 9.17) is 21.1 Å². The van der Waals surface area contributed by atoms with E-state index in [2.05, 4.69) is 5.32 Å². The van der Waals surface area contributed by atoms with Crippen molar-refractivity contribution in [2.45, 2.75) is 13.3 Å². The van der Waals surface area contributed by atoms with Crippen LogP contribution >= 0.6 is 11.6 Å². The first kappa shape index (κ1) is 13.6. The van der Waals surface area contributed by atoms with Gasteiger partial charge in [-0.1, -0.05) is 0 Å². The number of hydrogen-bond acceptors (Lipinski definition) is 3. The summed E-state index contributed by atoms with van der Waals surface area (Å²) in [4.78, 5) is 11.1. The molecule has 0 fully saturated rings. The Morgan fingerprint density at radius 1 is 1.29 bits per heavy atom. The summed E-state index contributed by atoms with van der Waals surface area (Å²) in [6.45, 7) is 1.46. The number of amides is 1. The Morgan fingerprint density at radius 2 is 1.88 bits per heavy atom. The lowest BCUT2D eigenvalue weighted by atomic mass is 10.1. The first-order valence-corrected chi connectivity index (χ1v) is 5.74. The van der Waals surface area contributed by atoms with Gasteiger partial charge in [-0.3, -0.25) is 4.79 Å². The van der Waals surface area contributed by atoms with Crippen LogP contribution in [-0.2, 0) is 11.2 Å². The van der Waals surface area contributed by atoms with Crippen molar-refractivity contribution in [3.05, 3.63) is 17.7 Å². The minimum Gasteiger partial charge on any atom is -0.493 e. The molecule has 0 atom stereocenters. The Labute approximate surface area is 106 Å². The number of carbonyl (C=O) groups is 1. The molecule has 0 saturated heterocycles. The van der Waals surface area contributed by atoms with Gasteiger partial charge in [0.2, 0.25) is 5.91 Å². The Morgan fingerprint density at radius 3 is 2.35 bits per heavy atom. The van der Waals surface area contributed by atoms with Crippen molar-refractivity contribution in [1.82, 2.24) is 0 Å². The fourth-order valence-electron chi connectivity index (χ4n) is 1.54. The molecule has 1 N–H and O–H groups in total. The van der Waals surface area contributed by atoms with Gasteiger partial charge in [-0.05, 0) is 18.1 Å². The van der Waals surface area contributed by atoms with Crippen LogP contribution in [0.5, 0.6) is 11.5 Å². The summed E-state index contributed by atoms with van der Waals surface area (Å²) < 4.78 is 10.4. The Bertz CT molecular complexity index is 407. The normalized spacial score (nSPS) is 9.88. The van der Waals surface area contributed by atoms with Gasteiger partial charge < -0.3 is 14.8 Å². The minimum atomic E-state index is -0.131. The second kappa shape index (κ2) is 6.35. The molecule has 1 aromatic carbocycles. The predicted octanol–water partition coefficient (Wildman–Crippen LogP) is 2.44. The highest BCUT2D eigenvalue weighted by atomic mass is 35.5. The van der Waals surface area contributed by atoms with Crippen LogP contribution in [0.2, 0.25) is 0 Å². The molecule has 94 valence electrons. The number of benzene rings is 1. The van der Waals surface area contributed by atoms with E-state index < -0.39 is 0 Å². The maximum atomic E-state index is 11.1. The second-order valence-corrected chi connectivity index (χ2v) is 3.86. The molecule has 0 radical (unpaired) electrons. The fourth-order valence-corrected chi connectivity index (χ4v) is 1.74. The first-order valence-electron chi connectivity index (χ1n) is 5.20. The quantitative estimate of drug-likeness (QED) is 0.825. The van der Waals surface area contributed by atoms with E-state index >= 15 is 0 Å². The number of nitrogens with one attached hydrogen (secondary N) is 1. The van der Waals surface area contributed by atoms with Crippen LogP contribution < -0.4 is 14.8 Å². The van der Waals surface area contributed by atoms with Gasteiger partial charge in [-0.2, -0.15) is 0 Å². The zero-order chi connectivity index (χ0) is 12.8. The van der Waals surface area contributed by atoms with Crippen molar-refractivity contribution in [1.29, 1.82) is 0 Å². The summed E-state index contributed by atoms with van der Waals surface area (Å²) in [6, 6.07) is 3.56. The molecule has 0 aliphatic carbocycles. The first-order chi connectivity index (χ1) is 8.12. The molecule has 0 heterocycles. The van der Waals surface area contributed by atoms with Gasteiger partial charge in [0, 0.05) is 24.6 Å². The van der Waals surface area contributed by atoms with E-state index in [-0.39, 0.29) is 5.91 Å². The third kappa shape index (κ3) is 3.53. The predicted molar refractivity (Wildman–Crippen MR) is 68.3 cm³/mol. The zero-order valence-electron chi connectivity index (χ0n) is 10.2. The maximum Gasteiger partial charge on any atom is 0.221 e. The Kier molecular flexibility index (Phi) is 5.10. The molecule has 5 heteroatoms. The highest BCUT2D eigenvalue weighted by molar-refractivity contribution is 6.18. The van der Waals surface area contributed by atoms with Crippen molar-refractivity contribution >= 4 is 23.2 Å². The molecule has 0 unspecified atom stereocenters. The number of carbonyl (C=O) groups excluding carboxylic acids is 1. The van der Waals surface area contributed by atoms with Crippen LogP contribution in [0.4, 0.5) is 5.69 Å². The van der Waals surface area contributed by atoms with Crippen LogP contribution in [0.25, 0.3) is 0 Å². The van der Waals surface area contributed by atoms with Gasteiger partial charge >= 0.3 is 0 Å². The number of rotatable bonds is 5. The monoisotopic (exact) mass is 257 g/mol. The van der Waals surface area contributed by atoms with Crippen LogP contribution in [0.15, 0.2) is 12.1 Å². The number of alkyl halides is 1. The Hall–Kier alpha value is -1.42. The number of hydrogen-bond donors (Lipinski definition) is 1. The molecule has 0 saturated carbocycles. The molecule has 4 nitrogen and oxygen atoms in total. The molecule has 1 aromatic rings. The van der Waals surface area contributed by atoms with E-state index in [1.54, 1.807) is 20.3 Å². The van der Waals surface area contributed by atoms with Crippen molar-refractivity contribution in [3.8, 4) is 11.5 Å². The largest absolute Gasteiger partial charge is 0.493 e. The third-order valence-corrected chi connectivity index (χ3v) is 2.47.